The Morgan fingerprint density at radius 2 is 2.20 bits per heavy atom. The number of benzene rings is 1. The molecule has 3 aromatic rings. The van der Waals surface area contributed by atoms with Crippen LogP contribution in [0.3, 0.4) is 0 Å². The molecule has 0 radical (unpaired) electrons. The number of pyridine rings is 1. The van der Waals surface area contributed by atoms with E-state index in [9.17, 15) is 4.79 Å². The van der Waals surface area contributed by atoms with Gasteiger partial charge in [0.25, 0.3) is 5.91 Å². The number of para-hydroxylation sites is 2. The van der Waals surface area contributed by atoms with Crippen LogP contribution in [0.1, 0.15) is 29.5 Å². The van der Waals surface area contributed by atoms with E-state index in [-0.39, 0.29) is 17.8 Å². The van der Waals surface area contributed by atoms with Crippen molar-refractivity contribution in [2.24, 2.45) is 0 Å². The fraction of sp³-hybridized carbons (Fsp3) is 0.167. The number of carbonyl (C=O) groups excluding carboxylic acids is 1. The molecule has 6 nitrogen and oxygen atoms in total. The third-order valence-electron chi connectivity index (χ3n) is 3.52. The molecule has 25 heavy (non-hydrogen) atoms. The lowest BCUT2D eigenvalue weighted by Crippen LogP contribution is -2.32. The molecule has 2 aromatic heterocycles. The van der Waals surface area contributed by atoms with Gasteiger partial charge in [-0.25, -0.2) is 4.98 Å². The van der Waals surface area contributed by atoms with Crippen LogP contribution in [-0.2, 0) is 0 Å². The first kappa shape index (κ1) is 16.8. The molecule has 0 spiro atoms. The Bertz CT molecular complexity index is 953. The number of fused-ring (bicyclic) bond motifs is 1. The van der Waals surface area contributed by atoms with Gasteiger partial charge in [-0.15, -0.1) is 0 Å². The average Bonchev–Trinajstić information content (AvgIpc) is 3.03. The van der Waals surface area contributed by atoms with Gasteiger partial charge in [0.1, 0.15) is 0 Å². The zero-order valence-electron chi connectivity index (χ0n) is 13.5. The number of hydrogen-bond acceptors (Lipinski definition) is 4. The zero-order chi connectivity index (χ0) is 17.8. The van der Waals surface area contributed by atoms with Crippen molar-refractivity contribution in [1.29, 1.82) is 0 Å². The minimum absolute atomic E-state index is 0.152. The number of halogens is 1. The van der Waals surface area contributed by atoms with Gasteiger partial charge in [0.05, 0.1) is 33.5 Å². The molecule has 3 rings (SSSR count). The summed E-state index contributed by atoms with van der Waals surface area (Å²) in [5.74, 6) is 5.91. The van der Waals surface area contributed by atoms with Crippen molar-refractivity contribution in [3.8, 4) is 11.8 Å². The summed E-state index contributed by atoms with van der Waals surface area (Å²) in [5, 5.41) is 3.25. The number of H-pyrrole nitrogens is 1. The number of nitrogen functional groups attached to an aromatic ring is 1. The van der Waals surface area contributed by atoms with Gasteiger partial charge in [0.2, 0.25) is 0 Å². The Balaban J connectivity index is 1.62. The summed E-state index contributed by atoms with van der Waals surface area (Å²) in [5.41, 5.74) is 8.22. The molecule has 1 amide bonds. The second-order valence-corrected chi connectivity index (χ2v) is 5.95. The van der Waals surface area contributed by atoms with E-state index < -0.39 is 0 Å². The Labute approximate surface area is 149 Å². The number of aromatic nitrogens is 3. The van der Waals surface area contributed by atoms with Crippen molar-refractivity contribution in [3.63, 3.8) is 0 Å². The van der Waals surface area contributed by atoms with Crippen LogP contribution in [0.4, 0.5) is 5.69 Å². The monoisotopic (exact) mass is 353 g/mol. The lowest BCUT2D eigenvalue weighted by Gasteiger charge is -2.09. The maximum Gasteiger partial charge on any atom is 0.287 e. The highest BCUT2D eigenvalue weighted by molar-refractivity contribution is 6.34. The van der Waals surface area contributed by atoms with Gasteiger partial charge in [0, 0.05) is 18.7 Å². The molecule has 1 atom stereocenters. The highest BCUT2D eigenvalue weighted by Crippen LogP contribution is 2.20. The smallest absolute Gasteiger partial charge is 0.287 e. The molecular formula is C18H16ClN5O. The number of nitrogens with two attached hydrogens (primary N) is 1. The first-order valence-corrected chi connectivity index (χ1v) is 8.06. The van der Waals surface area contributed by atoms with Gasteiger partial charge in [-0.2, -0.15) is 0 Å². The van der Waals surface area contributed by atoms with E-state index >= 15 is 0 Å². The quantitative estimate of drug-likeness (QED) is 0.631. The van der Waals surface area contributed by atoms with Gasteiger partial charge in [0.15, 0.2) is 5.82 Å². The molecular weight excluding hydrogens is 338 g/mol. The summed E-state index contributed by atoms with van der Waals surface area (Å²) in [6.07, 6.45) is 3.49. The molecule has 4 N–H and O–H groups in total. The van der Waals surface area contributed by atoms with Crippen LogP contribution in [-0.4, -0.2) is 26.9 Å². The third-order valence-corrected chi connectivity index (χ3v) is 3.94. The van der Waals surface area contributed by atoms with Crippen molar-refractivity contribution in [2.75, 3.05) is 5.73 Å². The fourth-order valence-electron chi connectivity index (χ4n) is 2.25. The van der Waals surface area contributed by atoms with Crippen LogP contribution in [0.5, 0.6) is 0 Å². The Hall–Kier alpha value is -3.04. The SMILES string of the molecule is C[C@@H](CC#Cc1cncc(N)c1Cl)NC(=O)c1nc2ccccc2[nH]1. The summed E-state index contributed by atoms with van der Waals surface area (Å²) in [6.45, 7) is 1.87. The summed E-state index contributed by atoms with van der Waals surface area (Å²) in [6, 6.07) is 7.33. The third kappa shape index (κ3) is 3.90. The molecule has 0 unspecified atom stereocenters. The van der Waals surface area contributed by atoms with Crippen LogP contribution < -0.4 is 11.1 Å². The van der Waals surface area contributed by atoms with Crippen LogP contribution in [0.25, 0.3) is 11.0 Å². The lowest BCUT2D eigenvalue weighted by molar-refractivity contribution is 0.0931. The standard InChI is InChI=1S/C18H16ClN5O/c1-11(5-4-6-12-9-21-10-13(20)16(12)19)22-18(25)17-23-14-7-2-3-8-15(14)24-17/h2-3,7-11H,5,20H2,1H3,(H,22,25)(H,23,24)/t11-/m0/s1. The topological polar surface area (TPSA) is 96.7 Å². The molecule has 126 valence electrons. The Morgan fingerprint density at radius 3 is 3.00 bits per heavy atom. The molecule has 0 aliphatic carbocycles. The van der Waals surface area contributed by atoms with E-state index in [1.54, 1.807) is 6.20 Å². The maximum absolute atomic E-state index is 12.3. The number of rotatable bonds is 3. The summed E-state index contributed by atoms with van der Waals surface area (Å²) < 4.78 is 0. The van der Waals surface area contributed by atoms with E-state index in [2.05, 4.69) is 32.1 Å². The number of carbonyl (C=O) groups is 1. The number of aromatic amines is 1. The maximum atomic E-state index is 12.3. The van der Waals surface area contributed by atoms with E-state index in [1.807, 2.05) is 31.2 Å². The van der Waals surface area contributed by atoms with E-state index in [0.717, 1.165) is 11.0 Å². The summed E-state index contributed by atoms with van der Waals surface area (Å²) in [4.78, 5) is 23.5. The van der Waals surface area contributed by atoms with Crippen LogP contribution in [0.2, 0.25) is 5.02 Å². The average molecular weight is 354 g/mol. The Kier molecular flexibility index (Phi) is 4.87. The Morgan fingerprint density at radius 1 is 1.40 bits per heavy atom. The number of amides is 1. The first-order valence-electron chi connectivity index (χ1n) is 7.68. The fourth-order valence-corrected chi connectivity index (χ4v) is 2.40. The minimum Gasteiger partial charge on any atom is -0.396 e. The van der Waals surface area contributed by atoms with Crippen molar-refractivity contribution >= 4 is 34.2 Å². The molecule has 7 heteroatoms. The normalized spacial score (nSPS) is 11.6. The number of imidazole rings is 1. The molecule has 0 saturated carbocycles. The number of anilines is 1. The molecule has 2 heterocycles. The largest absolute Gasteiger partial charge is 0.396 e. The van der Waals surface area contributed by atoms with Crippen LogP contribution in [0, 0.1) is 11.8 Å². The number of nitrogens with zero attached hydrogens (tertiary/aromatic N) is 2. The first-order chi connectivity index (χ1) is 12.0. The molecule has 0 saturated heterocycles. The lowest BCUT2D eigenvalue weighted by atomic mass is 10.2. The molecule has 1 aromatic carbocycles. The highest BCUT2D eigenvalue weighted by Gasteiger charge is 2.13. The van der Waals surface area contributed by atoms with Crippen molar-refractivity contribution in [1.82, 2.24) is 20.3 Å². The summed E-state index contributed by atoms with van der Waals surface area (Å²) in [7, 11) is 0. The van der Waals surface area contributed by atoms with E-state index in [1.165, 1.54) is 6.20 Å². The van der Waals surface area contributed by atoms with E-state index in [0.29, 0.717) is 22.7 Å². The van der Waals surface area contributed by atoms with Crippen molar-refractivity contribution in [3.05, 3.63) is 53.1 Å². The minimum atomic E-state index is -0.269. The predicted octanol–water partition coefficient (Wildman–Crippen LogP) is 2.75. The second kappa shape index (κ2) is 7.24. The van der Waals surface area contributed by atoms with Gasteiger partial charge in [-0.3, -0.25) is 9.78 Å². The molecule has 0 aliphatic heterocycles. The zero-order valence-corrected chi connectivity index (χ0v) is 14.3. The van der Waals surface area contributed by atoms with Gasteiger partial charge >= 0.3 is 0 Å². The molecule has 0 aliphatic rings. The number of hydrogen-bond donors (Lipinski definition) is 3. The predicted molar refractivity (Wildman–Crippen MR) is 98.2 cm³/mol. The van der Waals surface area contributed by atoms with Crippen molar-refractivity contribution < 1.29 is 4.79 Å². The second-order valence-electron chi connectivity index (χ2n) is 5.57. The van der Waals surface area contributed by atoms with Crippen molar-refractivity contribution in [2.45, 2.75) is 19.4 Å². The molecule has 0 bridgehead atoms. The van der Waals surface area contributed by atoms with E-state index in [4.69, 9.17) is 17.3 Å². The van der Waals surface area contributed by atoms with Crippen LogP contribution >= 0.6 is 11.6 Å². The highest BCUT2D eigenvalue weighted by atomic mass is 35.5. The summed E-state index contributed by atoms with van der Waals surface area (Å²) >= 11 is 6.06. The van der Waals surface area contributed by atoms with Gasteiger partial charge < -0.3 is 16.0 Å². The van der Waals surface area contributed by atoms with Gasteiger partial charge in [-0.1, -0.05) is 35.6 Å². The van der Waals surface area contributed by atoms with Gasteiger partial charge in [-0.05, 0) is 19.1 Å². The number of nitrogens with one attached hydrogen (secondary N) is 2. The molecule has 0 fully saturated rings. The van der Waals surface area contributed by atoms with Crippen LogP contribution in [0.15, 0.2) is 36.7 Å².